The number of aryl methyl sites for hydroxylation is 1. The maximum atomic E-state index is 12.3. The van der Waals surface area contributed by atoms with Crippen LogP contribution in [0, 0.1) is 0 Å². The summed E-state index contributed by atoms with van der Waals surface area (Å²) in [6.45, 7) is 2.78. The minimum absolute atomic E-state index is 0.0588. The normalized spacial score (nSPS) is 14.8. The van der Waals surface area contributed by atoms with E-state index in [1.807, 2.05) is 40.1 Å². The monoisotopic (exact) mass is 312 g/mol. The Balaban J connectivity index is 1.48. The van der Waals surface area contributed by atoms with E-state index in [-0.39, 0.29) is 11.7 Å². The van der Waals surface area contributed by atoms with E-state index >= 15 is 0 Å². The fourth-order valence-electron chi connectivity index (χ4n) is 2.69. The van der Waals surface area contributed by atoms with E-state index in [0.29, 0.717) is 38.5 Å². The zero-order valence-electron chi connectivity index (χ0n) is 12.9. The number of hydrogen-bond acceptors (Lipinski definition) is 5. The van der Waals surface area contributed by atoms with Gasteiger partial charge in [0.25, 0.3) is 0 Å². The molecule has 6 nitrogen and oxygen atoms in total. The van der Waals surface area contributed by atoms with Crippen LogP contribution in [0.2, 0.25) is 0 Å². The van der Waals surface area contributed by atoms with Crippen LogP contribution in [-0.4, -0.2) is 52.1 Å². The number of amides is 1. The summed E-state index contributed by atoms with van der Waals surface area (Å²) in [4.78, 5) is 24.5. The van der Waals surface area contributed by atoms with E-state index in [1.165, 1.54) is 18.0 Å². The first-order valence-corrected chi connectivity index (χ1v) is 7.80. The molecule has 0 radical (unpaired) electrons. The molecule has 120 valence electrons. The Morgan fingerprint density at radius 3 is 2.35 bits per heavy atom. The summed E-state index contributed by atoms with van der Waals surface area (Å²) >= 11 is 0. The molecule has 0 spiro atoms. The average Bonchev–Trinajstić information content (AvgIpc) is 2.61. The highest BCUT2D eigenvalue weighted by atomic mass is 16.3. The lowest BCUT2D eigenvalue weighted by atomic mass is 10.1. The van der Waals surface area contributed by atoms with E-state index in [1.54, 1.807) is 0 Å². The quantitative estimate of drug-likeness (QED) is 0.925. The number of benzene rings is 1. The first-order valence-electron chi connectivity index (χ1n) is 7.80. The summed E-state index contributed by atoms with van der Waals surface area (Å²) < 4.78 is 0. The van der Waals surface area contributed by atoms with Crippen LogP contribution in [0.5, 0.6) is 5.75 Å². The van der Waals surface area contributed by atoms with E-state index in [4.69, 9.17) is 0 Å². The molecule has 1 N–H and O–H groups in total. The molecule has 1 aromatic carbocycles. The van der Waals surface area contributed by atoms with Gasteiger partial charge in [-0.3, -0.25) is 4.79 Å². The Labute approximate surface area is 135 Å². The van der Waals surface area contributed by atoms with Gasteiger partial charge in [0.15, 0.2) is 5.75 Å². The molecule has 1 saturated heterocycles. The first kappa shape index (κ1) is 15.3. The molecule has 0 atom stereocenters. The van der Waals surface area contributed by atoms with Crippen LogP contribution >= 0.6 is 0 Å². The predicted molar refractivity (Wildman–Crippen MR) is 87.3 cm³/mol. The molecule has 3 rings (SSSR count). The van der Waals surface area contributed by atoms with E-state index < -0.39 is 0 Å². The molecule has 2 heterocycles. The predicted octanol–water partition coefficient (Wildman–Crippen LogP) is 1.46. The summed E-state index contributed by atoms with van der Waals surface area (Å²) in [6, 6.07) is 10.1. The van der Waals surface area contributed by atoms with Gasteiger partial charge in [-0.2, -0.15) is 0 Å². The van der Waals surface area contributed by atoms with Crippen molar-refractivity contribution in [2.24, 2.45) is 0 Å². The lowest BCUT2D eigenvalue weighted by Crippen LogP contribution is -2.49. The third kappa shape index (κ3) is 3.97. The lowest BCUT2D eigenvalue weighted by Gasteiger charge is -2.34. The smallest absolute Gasteiger partial charge is 0.225 e. The van der Waals surface area contributed by atoms with Gasteiger partial charge in [0.05, 0.1) is 12.4 Å². The number of piperazine rings is 1. The number of anilines is 1. The molecule has 0 saturated carbocycles. The summed E-state index contributed by atoms with van der Waals surface area (Å²) in [5.41, 5.74) is 1.19. The fourth-order valence-corrected chi connectivity index (χ4v) is 2.69. The van der Waals surface area contributed by atoms with Crippen molar-refractivity contribution in [1.82, 2.24) is 14.9 Å². The van der Waals surface area contributed by atoms with Crippen LogP contribution in [0.4, 0.5) is 5.95 Å². The van der Waals surface area contributed by atoms with Gasteiger partial charge in [-0.1, -0.05) is 30.3 Å². The molecular weight excluding hydrogens is 292 g/mol. The molecule has 2 aromatic rings. The van der Waals surface area contributed by atoms with Gasteiger partial charge < -0.3 is 14.9 Å². The molecule has 23 heavy (non-hydrogen) atoms. The molecule has 6 heteroatoms. The molecule has 1 aliphatic rings. The second-order valence-corrected chi connectivity index (χ2v) is 5.59. The van der Waals surface area contributed by atoms with Crippen LogP contribution in [0.25, 0.3) is 0 Å². The van der Waals surface area contributed by atoms with Gasteiger partial charge in [-0.05, 0) is 12.0 Å². The van der Waals surface area contributed by atoms with Crippen molar-refractivity contribution in [1.29, 1.82) is 0 Å². The second kappa shape index (κ2) is 7.09. The van der Waals surface area contributed by atoms with Crippen molar-refractivity contribution < 1.29 is 9.90 Å². The molecule has 0 bridgehead atoms. The highest BCUT2D eigenvalue weighted by Crippen LogP contribution is 2.14. The Morgan fingerprint density at radius 2 is 1.70 bits per heavy atom. The van der Waals surface area contributed by atoms with Gasteiger partial charge in [-0.25, -0.2) is 9.97 Å². The molecule has 1 aromatic heterocycles. The van der Waals surface area contributed by atoms with Gasteiger partial charge in [0.1, 0.15) is 0 Å². The van der Waals surface area contributed by atoms with Crippen LogP contribution in [0.15, 0.2) is 42.7 Å². The molecule has 0 unspecified atom stereocenters. The van der Waals surface area contributed by atoms with E-state index in [2.05, 4.69) is 9.97 Å². The van der Waals surface area contributed by atoms with Crippen LogP contribution in [-0.2, 0) is 11.2 Å². The zero-order valence-corrected chi connectivity index (χ0v) is 12.9. The summed E-state index contributed by atoms with van der Waals surface area (Å²) in [5, 5.41) is 9.23. The Hall–Kier alpha value is -2.63. The lowest BCUT2D eigenvalue weighted by molar-refractivity contribution is -0.131. The number of nitrogens with zero attached hydrogens (tertiary/aromatic N) is 4. The maximum Gasteiger partial charge on any atom is 0.225 e. The number of hydrogen-bond donors (Lipinski definition) is 1. The summed E-state index contributed by atoms with van der Waals surface area (Å²) in [7, 11) is 0. The van der Waals surface area contributed by atoms with Gasteiger partial charge in [-0.15, -0.1) is 0 Å². The van der Waals surface area contributed by atoms with Crippen molar-refractivity contribution in [3.63, 3.8) is 0 Å². The molecule has 1 amide bonds. The van der Waals surface area contributed by atoms with Crippen molar-refractivity contribution >= 4 is 11.9 Å². The Morgan fingerprint density at radius 1 is 1.04 bits per heavy atom. The highest BCUT2D eigenvalue weighted by Gasteiger charge is 2.22. The van der Waals surface area contributed by atoms with E-state index in [9.17, 15) is 9.90 Å². The van der Waals surface area contributed by atoms with E-state index in [0.717, 1.165) is 6.42 Å². The van der Waals surface area contributed by atoms with Gasteiger partial charge in [0.2, 0.25) is 11.9 Å². The molecule has 1 aliphatic heterocycles. The second-order valence-electron chi connectivity index (χ2n) is 5.59. The number of aromatic nitrogens is 2. The Bertz CT molecular complexity index is 637. The summed E-state index contributed by atoms with van der Waals surface area (Å²) in [5.74, 6) is 0.850. The van der Waals surface area contributed by atoms with Gasteiger partial charge in [0, 0.05) is 32.6 Å². The van der Waals surface area contributed by atoms with Crippen molar-refractivity contribution in [3.05, 3.63) is 48.3 Å². The van der Waals surface area contributed by atoms with Crippen molar-refractivity contribution in [2.45, 2.75) is 12.8 Å². The van der Waals surface area contributed by atoms with Crippen molar-refractivity contribution in [3.8, 4) is 5.75 Å². The van der Waals surface area contributed by atoms with Crippen molar-refractivity contribution in [2.75, 3.05) is 31.1 Å². The number of carbonyl (C=O) groups is 1. The number of carbonyl (C=O) groups excluding carboxylic acids is 1. The standard InChI is InChI=1S/C17H20N4O2/c22-15-12-18-17(19-13-15)21-10-8-20(9-11-21)16(23)7-6-14-4-2-1-3-5-14/h1-5,12-13,22H,6-11H2. The average molecular weight is 312 g/mol. The number of aromatic hydroxyl groups is 1. The largest absolute Gasteiger partial charge is 0.505 e. The molecule has 1 fully saturated rings. The zero-order chi connectivity index (χ0) is 16.1. The third-order valence-corrected chi connectivity index (χ3v) is 4.01. The number of rotatable bonds is 4. The highest BCUT2D eigenvalue weighted by molar-refractivity contribution is 5.76. The third-order valence-electron chi connectivity index (χ3n) is 4.01. The first-order chi connectivity index (χ1) is 11.2. The van der Waals surface area contributed by atoms with Crippen LogP contribution in [0.3, 0.4) is 0 Å². The molecule has 0 aliphatic carbocycles. The minimum atomic E-state index is 0.0588. The SMILES string of the molecule is O=C(CCc1ccccc1)N1CCN(c2ncc(O)cn2)CC1. The maximum absolute atomic E-state index is 12.3. The minimum Gasteiger partial charge on any atom is -0.505 e. The van der Waals surface area contributed by atoms with Crippen LogP contribution < -0.4 is 4.90 Å². The van der Waals surface area contributed by atoms with Gasteiger partial charge >= 0.3 is 0 Å². The Kier molecular flexibility index (Phi) is 4.71. The molecular formula is C17H20N4O2. The fraction of sp³-hybridized carbons (Fsp3) is 0.353. The summed E-state index contributed by atoms with van der Waals surface area (Å²) in [6.07, 6.45) is 4.10. The van der Waals surface area contributed by atoms with Crippen LogP contribution in [0.1, 0.15) is 12.0 Å². The topological polar surface area (TPSA) is 69.6 Å².